The summed E-state index contributed by atoms with van der Waals surface area (Å²) in [7, 11) is 1.60. The number of methoxy groups -OCH3 is 1. The highest BCUT2D eigenvalue weighted by molar-refractivity contribution is 8.26. The van der Waals surface area contributed by atoms with Gasteiger partial charge in [0, 0.05) is 36.5 Å². The predicted octanol–water partition coefficient (Wildman–Crippen LogP) is 3.93. The van der Waals surface area contributed by atoms with Gasteiger partial charge in [0.2, 0.25) is 5.91 Å². The Labute approximate surface area is 205 Å². The molecule has 0 atom stereocenters. The van der Waals surface area contributed by atoms with Gasteiger partial charge in [0.15, 0.2) is 0 Å². The summed E-state index contributed by atoms with van der Waals surface area (Å²) in [6.45, 7) is 0.718. The molecule has 0 radical (unpaired) electrons. The minimum absolute atomic E-state index is 0.198. The van der Waals surface area contributed by atoms with Gasteiger partial charge in [-0.15, -0.1) is 0 Å². The summed E-state index contributed by atoms with van der Waals surface area (Å²) in [5.41, 5.74) is 2.03. The van der Waals surface area contributed by atoms with Crippen LogP contribution in [-0.4, -0.2) is 53.7 Å². The van der Waals surface area contributed by atoms with E-state index in [0.717, 1.165) is 11.8 Å². The van der Waals surface area contributed by atoms with E-state index in [4.69, 9.17) is 28.6 Å². The van der Waals surface area contributed by atoms with Gasteiger partial charge in [0.1, 0.15) is 10.9 Å². The number of benzene rings is 2. The van der Waals surface area contributed by atoms with Crippen LogP contribution in [-0.2, 0) is 19.1 Å². The number of nitrogens with zero attached hydrogens (tertiary/aromatic N) is 2. The highest BCUT2D eigenvalue weighted by atomic mass is 35.5. The number of para-hydroxylation sites is 1. The third-order valence-electron chi connectivity index (χ3n) is 5.16. The van der Waals surface area contributed by atoms with E-state index in [2.05, 4.69) is 5.32 Å². The highest BCUT2D eigenvalue weighted by Gasteiger charge is 2.42. The number of carbonyl (C=O) groups excluding carboxylic acids is 3. The molecule has 0 aliphatic carbocycles. The number of thiocarbonyl (C=S) groups is 1. The van der Waals surface area contributed by atoms with E-state index < -0.39 is 5.91 Å². The maximum Gasteiger partial charge on any atom is 0.267 e. The molecule has 1 fully saturated rings. The Morgan fingerprint density at radius 2 is 1.82 bits per heavy atom. The monoisotopic (exact) mass is 501 g/mol. The van der Waals surface area contributed by atoms with Gasteiger partial charge in [-0.3, -0.25) is 24.2 Å². The second-order valence-electron chi connectivity index (χ2n) is 7.34. The molecule has 2 aromatic carbocycles. The van der Waals surface area contributed by atoms with Crippen molar-refractivity contribution in [1.29, 1.82) is 0 Å². The van der Waals surface area contributed by atoms with Crippen LogP contribution >= 0.6 is 35.6 Å². The van der Waals surface area contributed by atoms with Crippen LogP contribution in [0.4, 0.5) is 11.4 Å². The third kappa shape index (κ3) is 4.81. The molecule has 1 N–H and O–H groups in total. The Bertz CT molecular complexity index is 1170. The van der Waals surface area contributed by atoms with Crippen molar-refractivity contribution >= 4 is 74.6 Å². The third-order valence-corrected chi connectivity index (χ3v) is 6.86. The fraction of sp³-hybridized carbons (Fsp3) is 0.217. The van der Waals surface area contributed by atoms with Crippen LogP contribution in [0.1, 0.15) is 12.0 Å². The number of hydrogen-bond acceptors (Lipinski definition) is 6. The second-order valence-corrected chi connectivity index (χ2v) is 9.42. The first-order valence-corrected chi connectivity index (χ1v) is 11.7. The Morgan fingerprint density at radius 1 is 1.09 bits per heavy atom. The average Bonchev–Trinajstić information content (AvgIpc) is 3.23. The minimum Gasteiger partial charge on any atom is -0.385 e. The summed E-state index contributed by atoms with van der Waals surface area (Å²) in [6, 6.07) is 13.8. The standard InChI is InChI=1S/C23H20ClN3O4S2/c1-31-12-4-11-26-22(30)20(33-23(26)32)19-16-5-2-3-6-17(16)27(21(19)29)13-18(28)25-15-9-7-14(24)8-10-15/h2-3,5-10H,4,11-13H2,1H3,(H,25,28)/b20-19-. The summed E-state index contributed by atoms with van der Waals surface area (Å²) in [4.78, 5) is 42.4. The second kappa shape index (κ2) is 10.0. The molecule has 7 nitrogen and oxygen atoms in total. The molecular formula is C23H20ClN3O4S2. The van der Waals surface area contributed by atoms with E-state index in [1.807, 2.05) is 0 Å². The lowest BCUT2D eigenvalue weighted by Gasteiger charge is -2.17. The van der Waals surface area contributed by atoms with Gasteiger partial charge in [-0.1, -0.05) is 53.8 Å². The number of thioether (sulfide) groups is 1. The lowest BCUT2D eigenvalue weighted by Crippen LogP contribution is -2.35. The van der Waals surface area contributed by atoms with E-state index in [1.165, 1.54) is 9.80 Å². The molecule has 170 valence electrons. The number of hydrogen-bond donors (Lipinski definition) is 1. The van der Waals surface area contributed by atoms with Gasteiger partial charge in [-0.25, -0.2) is 0 Å². The van der Waals surface area contributed by atoms with Gasteiger partial charge in [0.25, 0.3) is 11.8 Å². The number of rotatable bonds is 7. The molecule has 0 unspecified atom stereocenters. The molecule has 2 aromatic rings. The maximum absolute atomic E-state index is 13.4. The topological polar surface area (TPSA) is 79.0 Å². The van der Waals surface area contributed by atoms with Crippen LogP contribution < -0.4 is 10.2 Å². The molecule has 1 saturated heterocycles. The lowest BCUT2D eigenvalue weighted by atomic mass is 10.1. The van der Waals surface area contributed by atoms with Crippen LogP contribution in [0.25, 0.3) is 5.57 Å². The lowest BCUT2D eigenvalue weighted by molar-refractivity contribution is -0.122. The first-order chi connectivity index (χ1) is 15.9. The minimum atomic E-state index is -0.403. The number of halogens is 1. The van der Waals surface area contributed by atoms with Gasteiger partial charge in [0.05, 0.1) is 16.2 Å². The molecule has 2 heterocycles. The Morgan fingerprint density at radius 3 is 2.55 bits per heavy atom. The van der Waals surface area contributed by atoms with Crippen molar-refractivity contribution in [3.05, 3.63) is 64.0 Å². The van der Waals surface area contributed by atoms with Crippen molar-refractivity contribution in [3.63, 3.8) is 0 Å². The SMILES string of the molecule is COCCCN1C(=O)/C(=C2/C(=O)N(CC(=O)Nc3ccc(Cl)cc3)c3ccccc32)SC1=S. The van der Waals surface area contributed by atoms with E-state index in [1.54, 1.807) is 55.6 Å². The summed E-state index contributed by atoms with van der Waals surface area (Å²) in [5.74, 6) is -1.07. The van der Waals surface area contributed by atoms with E-state index in [-0.39, 0.29) is 28.8 Å². The molecule has 33 heavy (non-hydrogen) atoms. The van der Waals surface area contributed by atoms with Crippen LogP contribution in [0.3, 0.4) is 0 Å². The molecule has 0 saturated carbocycles. The molecular weight excluding hydrogens is 482 g/mol. The normalized spacial score (nSPS) is 17.7. The van der Waals surface area contributed by atoms with Gasteiger partial charge < -0.3 is 10.1 Å². The number of carbonyl (C=O) groups is 3. The molecule has 0 bridgehead atoms. The van der Waals surface area contributed by atoms with Crippen molar-refractivity contribution < 1.29 is 19.1 Å². The largest absolute Gasteiger partial charge is 0.385 e. The van der Waals surface area contributed by atoms with E-state index >= 15 is 0 Å². The smallest absolute Gasteiger partial charge is 0.267 e. The van der Waals surface area contributed by atoms with Crippen molar-refractivity contribution in [3.8, 4) is 0 Å². The summed E-state index contributed by atoms with van der Waals surface area (Å²) in [6.07, 6.45) is 0.632. The van der Waals surface area contributed by atoms with Crippen LogP contribution in [0.15, 0.2) is 53.4 Å². The van der Waals surface area contributed by atoms with Crippen LogP contribution in [0.5, 0.6) is 0 Å². The zero-order chi connectivity index (χ0) is 23.5. The van der Waals surface area contributed by atoms with Crippen molar-refractivity contribution in [2.75, 3.05) is 37.0 Å². The van der Waals surface area contributed by atoms with Gasteiger partial charge in [-0.2, -0.15) is 0 Å². The van der Waals surface area contributed by atoms with E-state index in [9.17, 15) is 14.4 Å². The van der Waals surface area contributed by atoms with Crippen molar-refractivity contribution in [2.45, 2.75) is 6.42 Å². The average molecular weight is 502 g/mol. The fourth-order valence-corrected chi connectivity index (χ4v) is 5.15. The summed E-state index contributed by atoms with van der Waals surface area (Å²) in [5, 5.41) is 3.32. The first-order valence-electron chi connectivity index (χ1n) is 10.1. The first kappa shape index (κ1) is 23.4. The number of fused-ring (bicyclic) bond motifs is 1. The number of amides is 3. The number of anilines is 2. The summed E-state index contributed by atoms with van der Waals surface area (Å²) >= 11 is 12.4. The molecule has 0 aromatic heterocycles. The summed E-state index contributed by atoms with van der Waals surface area (Å²) < 4.78 is 5.46. The van der Waals surface area contributed by atoms with Gasteiger partial charge in [-0.05, 0) is 36.8 Å². The van der Waals surface area contributed by atoms with Crippen molar-refractivity contribution in [1.82, 2.24) is 4.90 Å². The molecule has 0 spiro atoms. The maximum atomic E-state index is 13.4. The zero-order valence-electron chi connectivity index (χ0n) is 17.7. The van der Waals surface area contributed by atoms with Crippen LogP contribution in [0, 0.1) is 0 Å². The van der Waals surface area contributed by atoms with Crippen molar-refractivity contribution in [2.24, 2.45) is 0 Å². The Kier molecular flexibility index (Phi) is 7.14. The Hall–Kier alpha value is -2.72. The molecule has 3 amide bonds. The Balaban J connectivity index is 1.59. The zero-order valence-corrected chi connectivity index (χ0v) is 20.1. The number of ether oxygens (including phenoxy) is 1. The molecule has 2 aliphatic rings. The van der Waals surface area contributed by atoms with Gasteiger partial charge >= 0.3 is 0 Å². The molecule has 4 rings (SSSR count). The quantitative estimate of drug-likeness (QED) is 0.352. The molecule has 2 aliphatic heterocycles. The highest BCUT2D eigenvalue weighted by Crippen LogP contribution is 2.44. The van der Waals surface area contributed by atoms with Crippen LogP contribution in [0.2, 0.25) is 5.02 Å². The predicted molar refractivity (Wildman–Crippen MR) is 134 cm³/mol. The molecule has 10 heteroatoms. The fourth-order valence-electron chi connectivity index (χ4n) is 3.64. The number of nitrogens with one attached hydrogen (secondary N) is 1. The van der Waals surface area contributed by atoms with E-state index in [0.29, 0.717) is 45.9 Å².